The molecule has 1 aromatic heterocycles. The van der Waals surface area contributed by atoms with E-state index in [4.69, 9.17) is 0 Å². The summed E-state index contributed by atoms with van der Waals surface area (Å²) in [6, 6.07) is 10.1. The Morgan fingerprint density at radius 1 is 1.33 bits per heavy atom. The Morgan fingerprint density at radius 3 is 3.07 bits per heavy atom. The van der Waals surface area contributed by atoms with Crippen LogP contribution in [0.25, 0.3) is 10.9 Å². The van der Waals surface area contributed by atoms with Crippen molar-refractivity contribution in [2.75, 3.05) is 6.54 Å². The standard InChI is InChI=1S/C13H12N2/c1-2-7-14-9-11-8-12-5-3-4-6-13(12)15-10-11/h2-6,8-10H,1,7H2/b14-9+. The number of aromatic nitrogens is 1. The van der Waals surface area contributed by atoms with Crippen molar-refractivity contribution in [1.29, 1.82) is 0 Å². The lowest BCUT2D eigenvalue weighted by Gasteiger charge is -1.97. The summed E-state index contributed by atoms with van der Waals surface area (Å²) in [6.45, 7) is 4.26. The molecule has 0 fully saturated rings. The highest BCUT2D eigenvalue weighted by Gasteiger charge is 1.93. The van der Waals surface area contributed by atoms with Crippen molar-refractivity contribution in [3.05, 3.63) is 54.7 Å². The molecule has 1 heterocycles. The molecular formula is C13H12N2. The zero-order valence-corrected chi connectivity index (χ0v) is 8.43. The number of pyridine rings is 1. The normalized spacial score (nSPS) is 10.9. The Balaban J connectivity index is 2.34. The van der Waals surface area contributed by atoms with Gasteiger partial charge in [-0.15, -0.1) is 6.58 Å². The van der Waals surface area contributed by atoms with Gasteiger partial charge >= 0.3 is 0 Å². The monoisotopic (exact) mass is 196 g/mol. The molecular weight excluding hydrogens is 184 g/mol. The van der Waals surface area contributed by atoms with Gasteiger partial charge in [0.1, 0.15) is 0 Å². The van der Waals surface area contributed by atoms with Crippen LogP contribution < -0.4 is 0 Å². The largest absolute Gasteiger partial charge is 0.288 e. The van der Waals surface area contributed by atoms with Gasteiger partial charge in [0.25, 0.3) is 0 Å². The van der Waals surface area contributed by atoms with Crippen LogP contribution in [-0.2, 0) is 0 Å². The van der Waals surface area contributed by atoms with E-state index in [1.54, 1.807) is 6.08 Å². The van der Waals surface area contributed by atoms with E-state index < -0.39 is 0 Å². The minimum atomic E-state index is 0.646. The summed E-state index contributed by atoms with van der Waals surface area (Å²) >= 11 is 0. The quantitative estimate of drug-likeness (QED) is 0.547. The third kappa shape index (κ3) is 2.29. The molecule has 0 atom stereocenters. The van der Waals surface area contributed by atoms with Crippen molar-refractivity contribution in [2.45, 2.75) is 0 Å². The lowest BCUT2D eigenvalue weighted by Crippen LogP contribution is -1.86. The molecule has 0 amide bonds. The van der Waals surface area contributed by atoms with E-state index in [1.165, 1.54) is 0 Å². The maximum atomic E-state index is 4.34. The number of hydrogen-bond donors (Lipinski definition) is 0. The highest BCUT2D eigenvalue weighted by atomic mass is 14.7. The van der Waals surface area contributed by atoms with Gasteiger partial charge in [0.2, 0.25) is 0 Å². The van der Waals surface area contributed by atoms with E-state index >= 15 is 0 Å². The molecule has 0 unspecified atom stereocenters. The molecule has 0 saturated carbocycles. The van der Waals surface area contributed by atoms with E-state index in [2.05, 4.69) is 22.6 Å². The zero-order valence-electron chi connectivity index (χ0n) is 8.43. The van der Waals surface area contributed by atoms with Gasteiger partial charge in [0, 0.05) is 23.4 Å². The van der Waals surface area contributed by atoms with Crippen molar-refractivity contribution in [2.24, 2.45) is 4.99 Å². The molecule has 15 heavy (non-hydrogen) atoms. The summed E-state index contributed by atoms with van der Waals surface area (Å²) in [6.07, 6.45) is 5.42. The molecule has 1 aromatic carbocycles. The predicted octanol–water partition coefficient (Wildman–Crippen LogP) is 2.84. The van der Waals surface area contributed by atoms with Crippen LogP contribution in [0.1, 0.15) is 5.56 Å². The fourth-order valence-corrected chi connectivity index (χ4v) is 1.39. The fraction of sp³-hybridized carbons (Fsp3) is 0.0769. The molecule has 0 aliphatic rings. The predicted molar refractivity (Wildman–Crippen MR) is 64.4 cm³/mol. The SMILES string of the molecule is C=CC/N=C/c1cnc2ccccc2c1. The van der Waals surface area contributed by atoms with Gasteiger partial charge in [-0.1, -0.05) is 24.3 Å². The minimum Gasteiger partial charge on any atom is -0.288 e. The van der Waals surface area contributed by atoms with Crippen LogP contribution >= 0.6 is 0 Å². The maximum absolute atomic E-state index is 4.34. The number of fused-ring (bicyclic) bond motifs is 1. The Labute approximate surface area is 89.0 Å². The van der Waals surface area contributed by atoms with Gasteiger partial charge in [0.15, 0.2) is 0 Å². The van der Waals surface area contributed by atoms with Crippen molar-refractivity contribution in [3.63, 3.8) is 0 Å². The van der Waals surface area contributed by atoms with Crippen molar-refractivity contribution >= 4 is 17.1 Å². The lowest BCUT2D eigenvalue weighted by molar-refractivity contribution is 1.26. The second-order valence-electron chi connectivity index (χ2n) is 3.24. The Bertz CT molecular complexity index is 501. The second kappa shape index (κ2) is 4.51. The Hall–Kier alpha value is -1.96. The Morgan fingerprint density at radius 2 is 2.20 bits per heavy atom. The summed E-state index contributed by atoms with van der Waals surface area (Å²) in [4.78, 5) is 8.53. The average Bonchev–Trinajstić information content (AvgIpc) is 2.29. The van der Waals surface area contributed by atoms with Gasteiger partial charge in [-0.3, -0.25) is 9.98 Å². The molecule has 2 heteroatoms. The molecule has 0 aliphatic heterocycles. The van der Waals surface area contributed by atoms with Gasteiger partial charge < -0.3 is 0 Å². The summed E-state index contributed by atoms with van der Waals surface area (Å²) < 4.78 is 0. The summed E-state index contributed by atoms with van der Waals surface area (Å²) in [5.41, 5.74) is 2.04. The Kier molecular flexibility index (Phi) is 2.88. The van der Waals surface area contributed by atoms with Crippen LogP contribution in [0.5, 0.6) is 0 Å². The first-order valence-corrected chi connectivity index (χ1v) is 4.85. The zero-order chi connectivity index (χ0) is 10.5. The number of benzene rings is 1. The molecule has 2 aromatic rings. The third-order valence-corrected chi connectivity index (χ3v) is 2.09. The van der Waals surface area contributed by atoms with Crippen LogP contribution in [0.3, 0.4) is 0 Å². The molecule has 0 saturated heterocycles. The van der Waals surface area contributed by atoms with Crippen LogP contribution in [0, 0.1) is 0 Å². The topological polar surface area (TPSA) is 25.2 Å². The van der Waals surface area contributed by atoms with Crippen LogP contribution in [0.2, 0.25) is 0 Å². The molecule has 2 nitrogen and oxygen atoms in total. The van der Waals surface area contributed by atoms with Gasteiger partial charge in [-0.2, -0.15) is 0 Å². The van der Waals surface area contributed by atoms with Crippen molar-refractivity contribution in [3.8, 4) is 0 Å². The van der Waals surface area contributed by atoms with Crippen molar-refractivity contribution in [1.82, 2.24) is 4.98 Å². The first kappa shape index (κ1) is 9.59. The summed E-state index contributed by atoms with van der Waals surface area (Å²) in [5.74, 6) is 0. The molecule has 0 radical (unpaired) electrons. The molecule has 0 N–H and O–H groups in total. The number of rotatable bonds is 3. The van der Waals surface area contributed by atoms with E-state index in [-0.39, 0.29) is 0 Å². The summed E-state index contributed by atoms with van der Waals surface area (Å²) in [7, 11) is 0. The van der Waals surface area contributed by atoms with E-state index in [1.807, 2.05) is 36.7 Å². The fourth-order valence-electron chi connectivity index (χ4n) is 1.39. The van der Waals surface area contributed by atoms with Crippen LogP contribution in [0.15, 0.2) is 54.2 Å². The number of para-hydroxylation sites is 1. The van der Waals surface area contributed by atoms with E-state index in [9.17, 15) is 0 Å². The van der Waals surface area contributed by atoms with E-state index in [0.717, 1.165) is 16.5 Å². The smallest absolute Gasteiger partial charge is 0.0702 e. The average molecular weight is 196 g/mol. The van der Waals surface area contributed by atoms with Gasteiger partial charge in [0.05, 0.1) is 12.1 Å². The number of nitrogens with zero attached hydrogens (tertiary/aromatic N) is 2. The number of aliphatic imine (C=N–C) groups is 1. The summed E-state index contributed by atoms with van der Waals surface area (Å²) in [5, 5.41) is 1.14. The van der Waals surface area contributed by atoms with Gasteiger partial charge in [-0.05, 0) is 12.1 Å². The highest BCUT2D eigenvalue weighted by molar-refractivity contribution is 5.87. The first-order valence-electron chi connectivity index (χ1n) is 4.85. The minimum absolute atomic E-state index is 0.646. The van der Waals surface area contributed by atoms with Gasteiger partial charge in [-0.25, -0.2) is 0 Å². The van der Waals surface area contributed by atoms with Crippen LogP contribution in [0.4, 0.5) is 0 Å². The maximum Gasteiger partial charge on any atom is 0.0702 e. The van der Waals surface area contributed by atoms with Crippen LogP contribution in [-0.4, -0.2) is 17.7 Å². The third-order valence-electron chi connectivity index (χ3n) is 2.09. The second-order valence-corrected chi connectivity index (χ2v) is 3.24. The lowest BCUT2D eigenvalue weighted by atomic mass is 10.2. The molecule has 0 spiro atoms. The molecule has 2 rings (SSSR count). The highest BCUT2D eigenvalue weighted by Crippen LogP contribution is 2.11. The first-order chi connectivity index (χ1) is 7.40. The molecule has 74 valence electrons. The molecule has 0 bridgehead atoms. The van der Waals surface area contributed by atoms with Crippen molar-refractivity contribution < 1.29 is 0 Å². The van der Waals surface area contributed by atoms with E-state index in [0.29, 0.717) is 6.54 Å². The molecule has 0 aliphatic carbocycles. The number of hydrogen-bond acceptors (Lipinski definition) is 2.